The van der Waals surface area contributed by atoms with Gasteiger partial charge in [0.15, 0.2) is 0 Å². The Morgan fingerprint density at radius 1 is 1.08 bits per heavy atom. The molecule has 1 aliphatic rings. The van der Waals surface area contributed by atoms with Crippen LogP contribution < -0.4 is 10.1 Å². The molecule has 0 spiro atoms. The fourth-order valence-electron chi connectivity index (χ4n) is 2.61. The summed E-state index contributed by atoms with van der Waals surface area (Å²) in [5, 5.41) is 2.91. The number of carbonyl (C=O) groups excluding carboxylic acids is 2. The Labute approximate surface area is 141 Å². The normalized spacial score (nSPS) is 15.5. The van der Waals surface area contributed by atoms with Crippen LogP contribution in [0.3, 0.4) is 0 Å². The van der Waals surface area contributed by atoms with Gasteiger partial charge in [-0.25, -0.2) is 9.59 Å². The topological polar surface area (TPSA) is 73.9 Å². The highest BCUT2D eigenvalue weighted by atomic mass is 16.5. The largest absolute Gasteiger partial charge is 0.488 e. The maximum absolute atomic E-state index is 11.9. The van der Waals surface area contributed by atoms with Crippen molar-refractivity contribution in [3.8, 4) is 5.75 Å². The number of anilines is 1. The summed E-state index contributed by atoms with van der Waals surface area (Å²) in [4.78, 5) is 23.3. The molecule has 0 aliphatic heterocycles. The molecule has 2 rings (SSSR count). The summed E-state index contributed by atoms with van der Waals surface area (Å²) in [5.74, 6) is -0.662. The molecule has 1 aromatic carbocycles. The molecule has 6 heteroatoms. The first-order valence-corrected chi connectivity index (χ1v) is 8.04. The lowest BCUT2D eigenvalue weighted by molar-refractivity contribution is -0.138. The predicted octanol–water partition coefficient (Wildman–Crippen LogP) is 3.04. The Hall–Kier alpha value is -2.50. The zero-order valence-corrected chi connectivity index (χ0v) is 14.0. The highest BCUT2D eigenvalue weighted by Crippen LogP contribution is 2.30. The summed E-state index contributed by atoms with van der Waals surface area (Å²) in [6, 6.07) is 7.31. The zero-order chi connectivity index (χ0) is 17.4. The van der Waals surface area contributed by atoms with Crippen molar-refractivity contribution in [2.45, 2.75) is 38.2 Å². The maximum Gasteiger partial charge on any atom is 0.354 e. The number of ether oxygens (including phenoxy) is 3. The van der Waals surface area contributed by atoms with Crippen LogP contribution in [0.4, 0.5) is 5.69 Å². The highest BCUT2D eigenvalue weighted by Gasteiger charge is 2.18. The average molecular weight is 333 g/mol. The number of benzene rings is 1. The van der Waals surface area contributed by atoms with Gasteiger partial charge in [0.05, 0.1) is 32.1 Å². The second-order valence-electron chi connectivity index (χ2n) is 5.57. The number of carbonyl (C=O) groups is 2. The van der Waals surface area contributed by atoms with Crippen molar-refractivity contribution in [3.05, 3.63) is 36.0 Å². The first-order chi connectivity index (χ1) is 11.6. The minimum atomic E-state index is -0.659. The van der Waals surface area contributed by atoms with Crippen LogP contribution in [0, 0.1) is 0 Å². The molecule has 0 atom stereocenters. The van der Waals surface area contributed by atoms with E-state index in [0.717, 1.165) is 31.8 Å². The van der Waals surface area contributed by atoms with E-state index >= 15 is 0 Å². The molecule has 0 radical (unpaired) electrons. The number of methoxy groups -OCH3 is 2. The first kappa shape index (κ1) is 17.8. The van der Waals surface area contributed by atoms with Gasteiger partial charge in [-0.1, -0.05) is 18.6 Å². The van der Waals surface area contributed by atoms with Crippen LogP contribution in [0.5, 0.6) is 5.75 Å². The maximum atomic E-state index is 11.9. The number of hydrogen-bond acceptors (Lipinski definition) is 6. The second kappa shape index (κ2) is 8.96. The molecule has 0 amide bonds. The molecule has 0 bridgehead atoms. The number of rotatable bonds is 6. The van der Waals surface area contributed by atoms with Crippen molar-refractivity contribution in [3.63, 3.8) is 0 Å². The molecule has 1 saturated carbocycles. The van der Waals surface area contributed by atoms with Crippen LogP contribution in [0.15, 0.2) is 36.0 Å². The van der Waals surface area contributed by atoms with Crippen molar-refractivity contribution in [1.82, 2.24) is 0 Å². The monoisotopic (exact) mass is 333 g/mol. The van der Waals surface area contributed by atoms with Crippen LogP contribution in [-0.2, 0) is 19.1 Å². The summed E-state index contributed by atoms with van der Waals surface area (Å²) in [7, 11) is 2.49. The predicted molar refractivity (Wildman–Crippen MR) is 89.7 cm³/mol. The number of esters is 2. The van der Waals surface area contributed by atoms with Gasteiger partial charge in [-0.05, 0) is 37.8 Å². The standard InChI is InChI=1S/C18H23NO5/c1-22-17(20)12-15(18(21)23-2)19-14-10-6-7-11-16(14)24-13-8-4-3-5-9-13/h6-7,10-13,19H,3-5,8-9H2,1-2H3/b15-12+. The number of nitrogens with one attached hydrogen (secondary N) is 1. The van der Waals surface area contributed by atoms with Gasteiger partial charge in [-0.15, -0.1) is 0 Å². The third-order valence-electron chi connectivity index (χ3n) is 3.87. The van der Waals surface area contributed by atoms with Crippen molar-refractivity contribution >= 4 is 17.6 Å². The van der Waals surface area contributed by atoms with E-state index in [1.54, 1.807) is 6.07 Å². The Morgan fingerprint density at radius 3 is 2.46 bits per heavy atom. The number of para-hydroxylation sites is 2. The third kappa shape index (κ3) is 5.01. The van der Waals surface area contributed by atoms with Gasteiger partial charge in [0, 0.05) is 0 Å². The summed E-state index contributed by atoms with van der Waals surface area (Å²) < 4.78 is 15.3. The molecule has 24 heavy (non-hydrogen) atoms. The molecule has 130 valence electrons. The highest BCUT2D eigenvalue weighted by molar-refractivity contribution is 5.99. The van der Waals surface area contributed by atoms with Crippen molar-refractivity contribution in [2.24, 2.45) is 0 Å². The molecular formula is C18H23NO5. The fourth-order valence-corrected chi connectivity index (χ4v) is 2.61. The van der Waals surface area contributed by atoms with E-state index in [1.165, 1.54) is 20.6 Å². The summed E-state index contributed by atoms with van der Waals surface area (Å²) >= 11 is 0. The minimum Gasteiger partial charge on any atom is -0.488 e. The molecule has 1 aromatic rings. The third-order valence-corrected chi connectivity index (χ3v) is 3.87. The molecule has 0 saturated heterocycles. The fraction of sp³-hybridized carbons (Fsp3) is 0.444. The molecule has 0 aromatic heterocycles. The SMILES string of the molecule is COC(=O)/C=C(/Nc1ccccc1OC1CCCCC1)C(=O)OC. The van der Waals surface area contributed by atoms with Gasteiger partial charge in [0.2, 0.25) is 0 Å². The van der Waals surface area contributed by atoms with Crippen LogP contribution in [0.25, 0.3) is 0 Å². The van der Waals surface area contributed by atoms with E-state index in [-0.39, 0.29) is 11.8 Å². The lowest BCUT2D eigenvalue weighted by Crippen LogP contribution is -2.21. The molecular weight excluding hydrogens is 310 g/mol. The summed E-state index contributed by atoms with van der Waals surface area (Å²) in [6.45, 7) is 0. The second-order valence-corrected chi connectivity index (χ2v) is 5.57. The quantitative estimate of drug-likeness (QED) is 0.637. The van der Waals surface area contributed by atoms with E-state index in [2.05, 4.69) is 10.1 Å². The van der Waals surface area contributed by atoms with Crippen molar-refractivity contribution in [2.75, 3.05) is 19.5 Å². The molecule has 0 heterocycles. The Kier molecular flexibility index (Phi) is 6.66. The van der Waals surface area contributed by atoms with E-state index in [1.807, 2.05) is 18.2 Å². The Bertz CT molecular complexity index is 605. The molecule has 1 aliphatic carbocycles. The minimum absolute atomic E-state index is 0.0101. The average Bonchev–Trinajstić information content (AvgIpc) is 2.62. The number of hydrogen-bond donors (Lipinski definition) is 1. The van der Waals surface area contributed by atoms with Crippen molar-refractivity contribution in [1.29, 1.82) is 0 Å². The van der Waals surface area contributed by atoms with E-state index in [0.29, 0.717) is 11.4 Å². The Morgan fingerprint density at radius 2 is 1.79 bits per heavy atom. The van der Waals surface area contributed by atoms with Crippen LogP contribution in [0.1, 0.15) is 32.1 Å². The van der Waals surface area contributed by atoms with Gasteiger partial charge in [-0.3, -0.25) is 0 Å². The summed E-state index contributed by atoms with van der Waals surface area (Å²) in [6.07, 6.45) is 6.85. The molecule has 1 N–H and O–H groups in total. The molecule has 0 unspecified atom stereocenters. The van der Waals surface area contributed by atoms with Gasteiger partial charge in [0.1, 0.15) is 11.4 Å². The van der Waals surface area contributed by atoms with E-state index in [4.69, 9.17) is 9.47 Å². The Balaban J connectivity index is 2.18. The summed E-state index contributed by atoms with van der Waals surface area (Å²) in [5.41, 5.74) is 0.590. The van der Waals surface area contributed by atoms with Gasteiger partial charge in [-0.2, -0.15) is 0 Å². The van der Waals surface area contributed by atoms with E-state index in [9.17, 15) is 9.59 Å². The van der Waals surface area contributed by atoms with Gasteiger partial charge in [0.25, 0.3) is 0 Å². The molecule has 1 fully saturated rings. The zero-order valence-electron chi connectivity index (χ0n) is 14.0. The molecule has 6 nitrogen and oxygen atoms in total. The first-order valence-electron chi connectivity index (χ1n) is 8.04. The van der Waals surface area contributed by atoms with Crippen molar-refractivity contribution < 1.29 is 23.8 Å². The van der Waals surface area contributed by atoms with Gasteiger partial charge >= 0.3 is 11.9 Å². The lowest BCUT2D eigenvalue weighted by atomic mass is 9.98. The lowest BCUT2D eigenvalue weighted by Gasteiger charge is -2.24. The van der Waals surface area contributed by atoms with E-state index < -0.39 is 11.9 Å². The smallest absolute Gasteiger partial charge is 0.354 e. The van der Waals surface area contributed by atoms with Crippen LogP contribution in [0.2, 0.25) is 0 Å². The van der Waals surface area contributed by atoms with Crippen LogP contribution >= 0.6 is 0 Å². The van der Waals surface area contributed by atoms with Crippen LogP contribution in [-0.4, -0.2) is 32.3 Å². The van der Waals surface area contributed by atoms with Gasteiger partial charge < -0.3 is 19.5 Å².